The molecule has 7 heteroatoms. The normalized spacial score (nSPS) is 11.9. The van der Waals surface area contributed by atoms with Gasteiger partial charge < -0.3 is 19.5 Å². The van der Waals surface area contributed by atoms with Gasteiger partial charge in [0.05, 0.1) is 17.9 Å². The van der Waals surface area contributed by atoms with Crippen molar-refractivity contribution in [3.63, 3.8) is 0 Å². The zero-order valence-electron chi connectivity index (χ0n) is 15.7. The molecule has 0 aliphatic carbocycles. The fourth-order valence-corrected chi connectivity index (χ4v) is 2.95. The molecule has 2 N–H and O–H groups in total. The van der Waals surface area contributed by atoms with Crippen molar-refractivity contribution < 1.29 is 13.9 Å². The topological polar surface area (TPSA) is 97.2 Å². The van der Waals surface area contributed by atoms with Crippen LogP contribution in [0.3, 0.4) is 0 Å². The SMILES string of the molecule is CC(NC(=O)COc1ccc2ccc(=O)oc2c1)c1ncc(-c2ccccc2)[nH]1. The molecule has 1 amide bonds. The highest BCUT2D eigenvalue weighted by atomic mass is 16.5. The van der Waals surface area contributed by atoms with Crippen molar-refractivity contribution in [3.8, 4) is 17.0 Å². The van der Waals surface area contributed by atoms with Crippen LogP contribution in [0.4, 0.5) is 0 Å². The maximum absolute atomic E-state index is 12.2. The first kappa shape index (κ1) is 18.5. The summed E-state index contributed by atoms with van der Waals surface area (Å²) in [6.45, 7) is 1.68. The summed E-state index contributed by atoms with van der Waals surface area (Å²) < 4.78 is 10.6. The van der Waals surface area contributed by atoms with Gasteiger partial charge in [-0.15, -0.1) is 0 Å². The van der Waals surface area contributed by atoms with Crippen molar-refractivity contribution in [1.29, 1.82) is 0 Å². The predicted molar refractivity (Wildman–Crippen MR) is 109 cm³/mol. The maximum atomic E-state index is 12.2. The number of carbonyl (C=O) groups is 1. The molecule has 4 aromatic rings. The number of nitrogens with one attached hydrogen (secondary N) is 2. The van der Waals surface area contributed by atoms with Crippen LogP contribution in [0.1, 0.15) is 18.8 Å². The molecule has 0 fully saturated rings. The molecule has 29 heavy (non-hydrogen) atoms. The molecule has 7 nitrogen and oxygen atoms in total. The molecule has 0 spiro atoms. The Morgan fingerprint density at radius 2 is 1.97 bits per heavy atom. The molecule has 0 saturated carbocycles. The van der Waals surface area contributed by atoms with Crippen molar-refractivity contribution in [2.24, 2.45) is 0 Å². The van der Waals surface area contributed by atoms with Crippen LogP contribution in [0.5, 0.6) is 5.75 Å². The summed E-state index contributed by atoms with van der Waals surface area (Å²) in [7, 11) is 0. The second-order valence-corrected chi connectivity index (χ2v) is 6.58. The van der Waals surface area contributed by atoms with E-state index in [1.807, 2.05) is 37.3 Å². The van der Waals surface area contributed by atoms with Crippen LogP contribution in [0.15, 0.2) is 76.1 Å². The Labute approximate surface area is 166 Å². The summed E-state index contributed by atoms with van der Waals surface area (Å²) in [4.78, 5) is 31.2. The number of fused-ring (bicyclic) bond motifs is 1. The lowest BCUT2D eigenvalue weighted by Crippen LogP contribution is -2.31. The number of benzene rings is 2. The second-order valence-electron chi connectivity index (χ2n) is 6.58. The minimum Gasteiger partial charge on any atom is -0.484 e. The van der Waals surface area contributed by atoms with Gasteiger partial charge in [-0.05, 0) is 30.7 Å². The van der Waals surface area contributed by atoms with Gasteiger partial charge in [0.25, 0.3) is 5.91 Å². The van der Waals surface area contributed by atoms with E-state index in [4.69, 9.17) is 9.15 Å². The number of carbonyl (C=O) groups excluding carboxylic acids is 1. The zero-order chi connectivity index (χ0) is 20.2. The van der Waals surface area contributed by atoms with Gasteiger partial charge in [0.15, 0.2) is 6.61 Å². The molecule has 2 aromatic heterocycles. The van der Waals surface area contributed by atoms with Gasteiger partial charge in [-0.3, -0.25) is 4.79 Å². The fraction of sp³-hybridized carbons (Fsp3) is 0.136. The number of ether oxygens (including phenoxy) is 1. The number of aromatic nitrogens is 2. The minimum atomic E-state index is -0.436. The first-order valence-electron chi connectivity index (χ1n) is 9.15. The van der Waals surface area contributed by atoms with E-state index >= 15 is 0 Å². The van der Waals surface area contributed by atoms with E-state index in [1.165, 1.54) is 6.07 Å². The third kappa shape index (κ3) is 4.35. The Kier molecular flexibility index (Phi) is 5.11. The summed E-state index contributed by atoms with van der Waals surface area (Å²) in [6, 6.07) is 17.6. The summed E-state index contributed by atoms with van der Waals surface area (Å²) in [5, 5.41) is 3.63. The summed E-state index contributed by atoms with van der Waals surface area (Å²) >= 11 is 0. The van der Waals surface area contributed by atoms with Gasteiger partial charge in [-0.2, -0.15) is 0 Å². The Hall–Kier alpha value is -3.87. The zero-order valence-corrected chi connectivity index (χ0v) is 15.7. The van der Waals surface area contributed by atoms with E-state index in [1.54, 1.807) is 30.5 Å². The van der Waals surface area contributed by atoms with Gasteiger partial charge in [-0.25, -0.2) is 9.78 Å². The van der Waals surface area contributed by atoms with Crippen LogP contribution in [0, 0.1) is 0 Å². The highest BCUT2D eigenvalue weighted by Gasteiger charge is 2.14. The van der Waals surface area contributed by atoms with Crippen LogP contribution < -0.4 is 15.7 Å². The fourth-order valence-electron chi connectivity index (χ4n) is 2.95. The second kappa shape index (κ2) is 8.02. The molecule has 0 aliphatic heterocycles. The first-order valence-corrected chi connectivity index (χ1v) is 9.15. The number of amides is 1. The lowest BCUT2D eigenvalue weighted by molar-refractivity contribution is -0.123. The van der Waals surface area contributed by atoms with Gasteiger partial charge in [0, 0.05) is 17.5 Å². The van der Waals surface area contributed by atoms with E-state index in [0.29, 0.717) is 17.2 Å². The molecule has 2 heterocycles. The lowest BCUT2D eigenvalue weighted by Gasteiger charge is -2.12. The smallest absolute Gasteiger partial charge is 0.336 e. The summed E-state index contributed by atoms with van der Waals surface area (Å²) in [6.07, 6.45) is 1.74. The minimum absolute atomic E-state index is 0.167. The standard InChI is InChI=1S/C22H19N3O4/c1-14(22-23-12-18(25-22)15-5-3-2-4-6-15)24-20(26)13-28-17-9-7-16-8-10-21(27)29-19(16)11-17/h2-12,14H,13H2,1H3,(H,23,25)(H,24,26). The van der Waals surface area contributed by atoms with E-state index in [0.717, 1.165) is 16.6 Å². The molecule has 2 aromatic carbocycles. The quantitative estimate of drug-likeness (QED) is 0.493. The van der Waals surface area contributed by atoms with Gasteiger partial charge >= 0.3 is 5.63 Å². The highest BCUT2D eigenvalue weighted by Crippen LogP contribution is 2.20. The Bertz CT molecular complexity index is 1200. The molecular weight excluding hydrogens is 370 g/mol. The predicted octanol–water partition coefficient (Wildman–Crippen LogP) is 3.44. The summed E-state index contributed by atoms with van der Waals surface area (Å²) in [5.74, 6) is 0.813. The van der Waals surface area contributed by atoms with Crippen molar-refractivity contribution in [1.82, 2.24) is 15.3 Å². The number of aromatic amines is 1. The molecule has 1 unspecified atom stereocenters. The van der Waals surface area contributed by atoms with Crippen LogP contribution in [-0.4, -0.2) is 22.5 Å². The van der Waals surface area contributed by atoms with E-state index in [9.17, 15) is 9.59 Å². The number of H-pyrrole nitrogens is 1. The molecule has 146 valence electrons. The number of rotatable bonds is 6. The molecular formula is C22H19N3O4. The number of imidazole rings is 1. The van der Waals surface area contributed by atoms with E-state index in [2.05, 4.69) is 15.3 Å². The average Bonchev–Trinajstić information content (AvgIpc) is 3.23. The van der Waals surface area contributed by atoms with Crippen LogP contribution in [0.25, 0.3) is 22.2 Å². The number of nitrogens with zero attached hydrogens (tertiary/aromatic N) is 1. The first-order chi connectivity index (χ1) is 14.1. The number of hydrogen-bond acceptors (Lipinski definition) is 5. The van der Waals surface area contributed by atoms with Crippen LogP contribution in [0.2, 0.25) is 0 Å². The molecule has 4 rings (SSSR count). The van der Waals surface area contributed by atoms with Gasteiger partial charge in [-0.1, -0.05) is 30.3 Å². The van der Waals surface area contributed by atoms with E-state index in [-0.39, 0.29) is 18.6 Å². The summed E-state index contributed by atoms with van der Waals surface area (Å²) in [5.41, 5.74) is 1.88. The number of hydrogen-bond donors (Lipinski definition) is 2. The third-order valence-electron chi connectivity index (χ3n) is 4.43. The Balaban J connectivity index is 1.36. The molecule has 0 saturated heterocycles. The molecule has 1 atom stereocenters. The van der Waals surface area contributed by atoms with Gasteiger partial charge in [0.1, 0.15) is 17.2 Å². The molecule has 0 aliphatic rings. The monoisotopic (exact) mass is 389 g/mol. The Morgan fingerprint density at radius 3 is 2.79 bits per heavy atom. The van der Waals surface area contributed by atoms with Crippen molar-refractivity contribution in [3.05, 3.63) is 83.1 Å². The van der Waals surface area contributed by atoms with Crippen molar-refractivity contribution in [2.45, 2.75) is 13.0 Å². The Morgan fingerprint density at radius 1 is 1.17 bits per heavy atom. The molecule has 0 bridgehead atoms. The average molecular weight is 389 g/mol. The highest BCUT2D eigenvalue weighted by molar-refractivity contribution is 5.79. The lowest BCUT2D eigenvalue weighted by atomic mass is 10.2. The molecule has 0 radical (unpaired) electrons. The van der Waals surface area contributed by atoms with Crippen molar-refractivity contribution in [2.75, 3.05) is 6.61 Å². The van der Waals surface area contributed by atoms with E-state index < -0.39 is 5.63 Å². The van der Waals surface area contributed by atoms with Crippen LogP contribution >= 0.6 is 0 Å². The third-order valence-corrected chi connectivity index (χ3v) is 4.43. The maximum Gasteiger partial charge on any atom is 0.336 e. The van der Waals surface area contributed by atoms with Gasteiger partial charge in [0.2, 0.25) is 0 Å². The largest absolute Gasteiger partial charge is 0.484 e. The van der Waals surface area contributed by atoms with Crippen molar-refractivity contribution >= 4 is 16.9 Å². The van der Waals surface area contributed by atoms with Crippen LogP contribution in [-0.2, 0) is 4.79 Å².